The highest BCUT2D eigenvalue weighted by atomic mass is 127. The molecular weight excluding hydrogens is 499 g/mol. The standard InChI is InChI=1S/C20H36N6OS.HI/c1-5-10-22-19(27)14-26-12-8-17(9-13-26)25-20(21-6-2)23-11-7-18-15(3)24-16(4)28-18;/h17H,5-14H2,1-4H3,(H,22,27)(H2,21,23,25);1H. The maximum absolute atomic E-state index is 11.9. The Hall–Kier alpha value is -0.940. The van der Waals surface area contributed by atoms with Crippen LogP contribution in [0, 0.1) is 13.8 Å². The van der Waals surface area contributed by atoms with Crippen molar-refractivity contribution in [2.45, 2.75) is 59.4 Å². The van der Waals surface area contributed by atoms with Crippen LogP contribution in [0.2, 0.25) is 0 Å². The van der Waals surface area contributed by atoms with Crippen molar-refractivity contribution in [1.29, 1.82) is 0 Å². The summed E-state index contributed by atoms with van der Waals surface area (Å²) in [6.07, 6.45) is 3.96. The van der Waals surface area contributed by atoms with Gasteiger partial charge in [-0.1, -0.05) is 6.92 Å². The molecule has 0 spiro atoms. The van der Waals surface area contributed by atoms with Crippen molar-refractivity contribution in [2.24, 2.45) is 4.99 Å². The van der Waals surface area contributed by atoms with Gasteiger partial charge in [0.15, 0.2) is 5.96 Å². The number of carbonyl (C=O) groups is 1. The summed E-state index contributed by atoms with van der Waals surface area (Å²) in [6.45, 7) is 13.0. The molecule has 2 heterocycles. The first-order chi connectivity index (χ1) is 13.5. The third-order valence-corrected chi connectivity index (χ3v) is 5.95. The fraction of sp³-hybridized carbons (Fsp3) is 0.750. The minimum atomic E-state index is 0. The number of amides is 1. The molecule has 29 heavy (non-hydrogen) atoms. The molecule has 0 saturated carbocycles. The number of nitrogens with one attached hydrogen (secondary N) is 3. The summed E-state index contributed by atoms with van der Waals surface area (Å²) >= 11 is 1.77. The molecule has 2 rings (SSSR count). The van der Waals surface area contributed by atoms with Crippen LogP contribution in [0.25, 0.3) is 0 Å². The first-order valence-corrected chi connectivity index (χ1v) is 11.3. The van der Waals surface area contributed by atoms with E-state index in [-0.39, 0.29) is 29.9 Å². The lowest BCUT2D eigenvalue weighted by atomic mass is 10.1. The van der Waals surface area contributed by atoms with E-state index in [4.69, 9.17) is 4.99 Å². The molecule has 3 N–H and O–H groups in total. The van der Waals surface area contributed by atoms with E-state index in [0.29, 0.717) is 12.6 Å². The number of halogens is 1. The summed E-state index contributed by atoms with van der Waals surface area (Å²) < 4.78 is 0. The Labute approximate surface area is 196 Å². The van der Waals surface area contributed by atoms with E-state index in [1.54, 1.807) is 11.3 Å². The Bertz CT molecular complexity index is 643. The average molecular weight is 537 g/mol. The number of guanidine groups is 1. The number of carbonyl (C=O) groups excluding carboxylic acids is 1. The minimum absolute atomic E-state index is 0. The Morgan fingerprint density at radius 3 is 2.55 bits per heavy atom. The molecule has 1 aromatic heterocycles. The third-order valence-electron chi connectivity index (χ3n) is 4.82. The fourth-order valence-corrected chi connectivity index (χ4v) is 4.27. The zero-order valence-corrected chi connectivity index (χ0v) is 21.4. The lowest BCUT2D eigenvalue weighted by molar-refractivity contribution is -0.122. The van der Waals surface area contributed by atoms with Crippen molar-refractivity contribution >= 4 is 47.2 Å². The molecule has 0 radical (unpaired) electrons. The van der Waals surface area contributed by atoms with Crippen LogP contribution in [0.15, 0.2) is 4.99 Å². The summed E-state index contributed by atoms with van der Waals surface area (Å²) in [5, 5.41) is 11.0. The summed E-state index contributed by atoms with van der Waals surface area (Å²) in [7, 11) is 0. The van der Waals surface area contributed by atoms with Crippen molar-refractivity contribution in [1.82, 2.24) is 25.8 Å². The van der Waals surface area contributed by atoms with Gasteiger partial charge in [-0.3, -0.25) is 14.7 Å². The van der Waals surface area contributed by atoms with Gasteiger partial charge in [-0.25, -0.2) is 4.98 Å². The van der Waals surface area contributed by atoms with Crippen molar-refractivity contribution in [2.75, 3.05) is 39.3 Å². The number of hydrogen-bond donors (Lipinski definition) is 3. The van der Waals surface area contributed by atoms with E-state index in [1.165, 1.54) is 4.88 Å². The highest BCUT2D eigenvalue weighted by molar-refractivity contribution is 14.0. The molecule has 1 saturated heterocycles. The number of rotatable bonds is 9. The van der Waals surface area contributed by atoms with Crippen LogP contribution in [0.5, 0.6) is 0 Å². The van der Waals surface area contributed by atoms with Crippen LogP contribution in [-0.2, 0) is 11.2 Å². The second-order valence-electron chi connectivity index (χ2n) is 7.30. The molecule has 166 valence electrons. The van der Waals surface area contributed by atoms with Crippen LogP contribution in [-0.4, -0.2) is 67.1 Å². The number of likely N-dealkylation sites (tertiary alicyclic amines) is 1. The van der Waals surface area contributed by atoms with E-state index >= 15 is 0 Å². The highest BCUT2D eigenvalue weighted by Crippen LogP contribution is 2.17. The van der Waals surface area contributed by atoms with E-state index in [2.05, 4.69) is 53.5 Å². The molecular formula is C20H37IN6OS. The molecule has 0 aromatic carbocycles. The molecule has 0 aliphatic carbocycles. The molecule has 1 fully saturated rings. The predicted octanol–water partition coefficient (Wildman–Crippen LogP) is 2.47. The largest absolute Gasteiger partial charge is 0.357 e. The van der Waals surface area contributed by atoms with Gasteiger partial charge >= 0.3 is 0 Å². The lowest BCUT2D eigenvalue weighted by Crippen LogP contribution is -2.50. The first kappa shape index (κ1) is 26.1. The number of aliphatic imine (C=N–C) groups is 1. The molecule has 0 bridgehead atoms. The summed E-state index contributed by atoms with van der Waals surface area (Å²) in [6, 6.07) is 0.403. The van der Waals surface area contributed by atoms with Gasteiger partial charge in [0.05, 0.1) is 17.2 Å². The number of hydrogen-bond acceptors (Lipinski definition) is 5. The summed E-state index contributed by atoms with van der Waals surface area (Å²) in [5.74, 6) is 1.03. The van der Waals surface area contributed by atoms with Gasteiger partial charge in [-0.05, 0) is 40.0 Å². The van der Waals surface area contributed by atoms with Crippen molar-refractivity contribution in [3.05, 3.63) is 15.6 Å². The van der Waals surface area contributed by atoms with Crippen molar-refractivity contribution in [3.63, 3.8) is 0 Å². The Kier molecular flexibility index (Phi) is 12.7. The Balaban J connectivity index is 0.00000420. The SMILES string of the molecule is CCCNC(=O)CN1CCC(NC(=NCCc2sc(C)nc2C)NCC)CC1.I. The number of nitrogens with zero attached hydrogens (tertiary/aromatic N) is 3. The minimum Gasteiger partial charge on any atom is -0.357 e. The molecule has 1 amide bonds. The normalized spacial score (nSPS) is 15.7. The molecule has 7 nitrogen and oxygen atoms in total. The molecule has 1 aromatic rings. The van der Waals surface area contributed by atoms with Crippen LogP contribution in [0.4, 0.5) is 0 Å². The van der Waals surface area contributed by atoms with Gasteiger partial charge < -0.3 is 16.0 Å². The van der Waals surface area contributed by atoms with Gasteiger partial charge in [0.25, 0.3) is 0 Å². The number of aromatic nitrogens is 1. The fourth-order valence-electron chi connectivity index (χ4n) is 3.35. The maximum Gasteiger partial charge on any atom is 0.234 e. The topological polar surface area (TPSA) is 81.7 Å². The van der Waals surface area contributed by atoms with Crippen LogP contribution in [0.3, 0.4) is 0 Å². The smallest absolute Gasteiger partial charge is 0.234 e. The zero-order chi connectivity index (χ0) is 20.4. The molecule has 9 heteroatoms. The molecule has 0 unspecified atom stereocenters. The van der Waals surface area contributed by atoms with Gasteiger partial charge in [0.2, 0.25) is 5.91 Å². The molecule has 1 aliphatic heterocycles. The zero-order valence-electron chi connectivity index (χ0n) is 18.2. The van der Waals surface area contributed by atoms with E-state index in [0.717, 1.165) is 75.1 Å². The monoisotopic (exact) mass is 536 g/mol. The average Bonchev–Trinajstić information content (AvgIpc) is 2.99. The van der Waals surface area contributed by atoms with E-state index < -0.39 is 0 Å². The van der Waals surface area contributed by atoms with Gasteiger partial charge in [-0.2, -0.15) is 0 Å². The van der Waals surface area contributed by atoms with Crippen LogP contribution in [0.1, 0.15) is 48.7 Å². The van der Waals surface area contributed by atoms with Crippen LogP contribution >= 0.6 is 35.3 Å². The Morgan fingerprint density at radius 1 is 1.24 bits per heavy atom. The molecule has 0 atom stereocenters. The predicted molar refractivity (Wildman–Crippen MR) is 133 cm³/mol. The van der Waals surface area contributed by atoms with E-state index in [1.807, 2.05) is 0 Å². The number of aryl methyl sites for hydroxylation is 2. The Morgan fingerprint density at radius 2 is 1.97 bits per heavy atom. The second-order valence-corrected chi connectivity index (χ2v) is 8.58. The van der Waals surface area contributed by atoms with Gasteiger partial charge in [-0.15, -0.1) is 35.3 Å². The quantitative estimate of drug-likeness (QED) is 0.257. The first-order valence-electron chi connectivity index (χ1n) is 10.5. The summed E-state index contributed by atoms with van der Waals surface area (Å²) in [4.78, 5) is 24.7. The maximum atomic E-state index is 11.9. The van der Waals surface area contributed by atoms with Crippen LogP contribution < -0.4 is 16.0 Å². The second kappa shape index (κ2) is 14.1. The molecule has 1 aliphatic rings. The van der Waals surface area contributed by atoms with Crippen molar-refractivity contribution in [3.8, 4) is 0 Å². The van der Waals surface area contributed by atoms with Crippen molar-refractivity contribution < 1.29 is 4.79 Å². The van der Waals surface area contributed by atoms with Gasteiger partial charge in [0.1, 0.15) is 0 Å². The summed E-state index contributed by atoms with van der Waals surface area (Å²) in [5.41, 5.74) is 1.13. The number of thiazole rings is 1. The lowest BCUT2D eigenvalue weighted by Gasteiger charge is -2.32. The van der Waals surface area contributed by atoms with E-state index in [9.17, 15) is 4.79 Å². The highest BCUT2D eigenvalue weighted by Gasteiger charge is 2.21. The third kappa shape index (κ3) is 9.61. The van der Waals surface area contributed by atoms with Gasteiger partial charge in [0, 0.05) is 50.1 Å². The number of piperidine rings is 1.